The second-order valence-electron chi connectivity index (χ2n) is 5.61. The highest BCUT2D eigenvalue weighted by atomic mass is 79.9. The van der Waals surface area contributed by atoms with Crippen LogP contribution in [0.4, 0.5) is 5.69 Å². The van der Waals surface area contributed by atoms with Crippen molar-refractivity contribution < 1.29 is 13.2 Å². The average molecular weight is 436 g/mol. The maximum atomic E-state index is 13.2. The minimum Gasteiger partial charge on any atom is -0.497 e. The molecule has 3 aromatic rings. The van der Waals surface area contributed by atoms with Crippen molar-refractivity contribution in [1.82, 2.24) is 0 Å². The molecule has 2 heterocycles. The third-order valence-corrected chi connectivity index (χ3v) is 7.61. The predicted molar refractivity (Wildman–Crippen MR) is 104 cm³/mol. The number of hydrogen-bond donors (Lipinski definition) is 0. The average Bonchev–Trinajstić information content (AvgIpc) is 3.02. The molecule has 0 spiro atoms. The monoisotopic (exact) mass is 435 g/mol. The molecule has 2 aromatic carbocycles. The topological polar surface area (TPSA) is 46.6 Å². The van der Waals surface area contributed by atoms with Gasteiger partial charge >= 0.3 is 0 Å². The van der Waals surface area contributed by atoms with Gasteiger partial charge in [-0.25, -0.2) is 8.42 Å². The molecule has 0 aliphatic carbocycles. The van der Waals surface area contributed by atoms with Crippen molar-refractivity contribution in [1.29, 1.82) is 0 Å². The van der Waals surface area contributed by atoms with E-state index in [2.05, 4.69) is 15.9 Å². The molecule has 25 heavy (non-hydrogen) atoms. The van der Waals surface area contributed by atoms with E-state index in [9.17, 15) is 8.42 Å². The molecule has 1 aliphatic rings. The van der Waals surface area contributed by atoms with Crippen molar-refractivity contribution in [3.8, 4) is 16.2 Å². The maximum absolute atomic E-state index is 13.2. The number of anilines is 1. The number of methoxy groups -OCH3 is 1. The van der Waals surface area contributed by atoms with Gasteiger partial charge in [0.1, 0.15) is 5.75 Å². The molecule has 0 saturated carbocycles. The second kappa shape index (κ2) is 6.16. The molecular formula is C18H14BrNO3S2. The van der Waals surface area contributed by atoms with Crippen LogP contribution < -0.4 is 9.04 Å². The zero-order valence-corrected chi connectivity index (χ0v) is 16.5. The van der Waals surface area contributed by atoms with Crippen molar-refractivity contribution in [2.75, 3.05) is 11.4 Å². The van der Waals surface area contributed by atoms with Crippen LogP contribution in [0.3, 0.4) is 0 Å². The molecule has 0 N–H and O–H groups in total. The Labute approximate surface area is 158 Å². The number of benzene rings is 2. The minimum absolute atomic E-state index is 0.251. The second-order valence-corrected chi connectivity index (χ2v) is 9.90. The quantitative estimate of drug-likeness (QED) is 0.587. The van der Waals surface area contributed by atoms with E-state index < -0.39 is 10.0 Å². The Hall–Kier alpha value is -1.83. The fourth-order valence-corrected chi connectivity index (χ4v) is 6.09. The molecule has 0 radical (unpaired) electrons. The Bertz CT molecular complexity index is 1040. The Balaban J connectivity index is 1.85. The standard InChI is InChI=1S/C18H14BrNO3S2/c1-23-13-6-8-14(9-7-13)25(21,22)20-11-12-4-2-3-5-15(12)18-16(20)10-17(19)24-18/h2-10H,11H2,1H3. The highest BCUT2D eigenvalue weighted by Crippen LogP contribution is 2.48. The van der Waals surface area contributed by atoms with Crippen LogP contribution in [0.15, 0.2) is 63.3 Å². The first kappa shape index (κ1) is 16.6. The van der Waals surface area contributed by atoms with Gasteiger partial charge in [0, 0.05) is 0 Å². The number of halogens is 1. The molecule has 0 saturated heterocycles. The molecule has 4 rings (SSSR count). The molecule has 0 atom stereocenters. The number of thiophene rings is 1. The van der Waals surface area contributed by atoms with E-state index in [0.29, 0.717) is 18.0 Å². The van der Waals surface area contributed by atoms with Crippen LogP contribution in [0.2, 0.25) is 0 Å². The number of nitrogens with zero attached hydrogens (tertiary/aromatic N) is 1. The SMILES string of the molecule is COc1ccc(S(=O)(=O)N2Cc3ccccc3-c3sc(Br)cc32)cc1. The van der Waals surface area contributed by atoms with E-state index in [1.165, 1.54) is 4.31 Å². The normalized spacial score (nSPS) is 13.3. The Morgan fingerprint density at radius 2 is 1.84 bits per heavy atom. The van der Waals surface area contributed by atoms with E-state index >= 15 is 0 Å². The van der Waals surface area contributed by atoms with Crippen LogP contribution in [-0.4, -0.2) is 15.5 Å². The van der Waals surface area contributed by atoms with Crippen LogP contribution in [-0.2, 0) is 16.6 Å². The predicted octanol–water partition coefficient (Wildman–Crippen LogP) is 4.90. The molecule has 1 aliphatic heterocycles. The number of ether oxygens (including phenoxy) is 1. The van der Waals surface area contributed by atoms with Crippen LogP contribution in [0.25, 0.3) is 10.4 Å². The Kier molecular flexibility index (Phi) is 4.10. The zero-order chi connectivity index (χ0) is 17.6. The summed E-state index contributed by atoms with van der Waals surface area (Å²) in [6.45, 7) is 0.320. The molecule has 1 aromatic heterocycles. The van der Waals surface area contributed by atoms with Gasteiger partial charge in [-0.2, -0.15) is 0 Å². The fourth-order valence-electron chi connectivity index (χ4n) is 2.94. The van der Waals surface area contributed by atoms with E-state index in [4.69, 9.17) is 4.74 Å². The first-order chi connectivity index (χ1) is 12.0. The van der Waals surface area contributed by atoms with Crippen molar-refractivity contribution >= 4 is 43.0 Å². The smallest absolute Gasteiger partial charge is 0.264 e. The van der Waals surface area contributed by atoms with Crippen LogP contribution in [0.5, 0.6) is 5.75 Å². The van der Waals surface area contributed by atoms with Gasteiger partial charge in [-0.05, 0) is 57.4 Å². The number of sulfonamides is 1. The lowest BCUT2D eigenvalue weighted by molar-refractivity contribution is 0.414. The van der Waals surface area contributed by atoms with Gasteiger partial charge in [0.15, 0.2) is 0 Å². The maximum Gasteiger partial charge on any atom is 0.264 e. The van der Waals surface area contributed by atoms with Crippen LogP contribution in [0.1, 0.15) is 5.56 Å². The van der Waals surface area contributed by atoms with Gasteiger partial charge < -0.3 is 4.74 Å². The van der Waals surface area contributed by atoms with Gasteiger partial charge in [0.2, 0.25) is 0 Å². The van der Waals surface area contributed by atoms with Gasteiger partial charge in [0.05, 0.1) is 32.9 Å². The fraction of sp³-hybridized carbons (Fsp3) is 0.111. The van der Waals surface area contributed by atoms with Crippen LogP contribution >= 0.6 is 27.3 Å². The summed E-state index contributed by atoms with van der Waals surface area (Å²) in [6, 6.07) is 16.3. The van der Waals surface area contributed by atoms with Crippen molar-refractivity contribution in [2.45, 2.75) is 11.4 Å². The molecular weight excluding hydrogens is 422 g/mol. The first-order valence-electron chi connectivity index (χ1n) is 7.55. The Morgan fingerprint density at radius 3 is 2.56 bits per heavy atom. The zero-order valence-electron chi connectivity index (χ0n) is 13.3. The lowest BCUT2D eigenvalue weighted by Gasteiger charge is -2.29. The summed E-state index contributed by atoms with van der Waals surface area (Å²) < 4.78 is 34.0. The third kappa shape index (κ3) is 2.76. The summed E-state index contributed by atoms with van der Waals surface area (Å²) in [5, 5.41) is 0. The summed E-state index contributed by atoms with van der Waals surface area (Å²) in [5.74, 6) is 0.627. The van der Waals surface area contributed by atoms with Gasteiger partial charge in [-0.1, -0.05) is 24.3 Å². The molecule has 0 fully saturated rings. The molecule has 0 bridgehead atoms. The summed E-state index contributed by atoms with van der Waals surface area (Å²) in [6.07, 6.45) is 0. The number of hydrogen-bond acceptors (Lipinski definition) is 4. The Morgan fingerprint density at radius 1 is 1.12 bits per heavy atom. The number of fused-ring (bicyclic) bond motifs is 3. The number of rotatable bonds is 3. The summed E-state index contributed by atoms with van der Waals surface area (Å²) in [4.78, 5) is 1.21. The van der Waals surface area contributed by atoms with E-state index in [1.807, 2.05) is 30.3 Å². The molecule has 7 heteroatoms. The largest absolute Gasteiger partial charge is 0.497 e. The highest BCUT2D eigenvalue weighted by Gasteiger charge is 2.33. The lowest BCUT2D eigenvalue weighted by atomic mass is 10.0. The van der Waals surface area contributed by atoms with E-state index in [1.54, 1.807) is 42.7 Å². The molecule has 0 unspecified atom stereocenters. The molecule has 128 valence electrons. The summed E-state index contributed by atoms with van der Waals surface area (Å²) >= 11 is 5.04. The van der Waals surface area contributed by atoms with Gasteiger partial charge in [0.25, 0.3) is 10.0 Å². The van der Waals surface area contributed by atoms with Gasteiger partial charge in [-0.3, -0.25) is 4.31 Å². The van der Waals surface area contributed by atoms with Crippen LogP contribution in [0, 0.1) is 0 Å². The molecule has 0 amide bonds. The minimum atomic E-state index is -3.67. The third-order valence-electron chi connectivity index (χ3n) is 4.17. The summed E-state index contributed by atoms with van der Waals surface area (Å²) in [7, 11) is -2.11. The van der Waals surface area contributed by atoms with Gasteiger partial charge in [-0.15, -0.1) is 11.3 Å². The highest BCUT2D eigenvalue weighted by molar-refractivity contribution is 9.11. The van der Waals surface area contributed by atoms with Crippen molar-refractivity contribution in [3.63, 3.8) is 0 Å². The first-order valence-corrected chi connectivity index (χ1v) is 10.6. The van der Waals surface area contributed by atoms with E-state index in [-0.39, 0.29) is 4.90 Å². The van der Waals surface area contributed by atoms with Crippen molar-refractivity contribution in [2.24, 2.45) is 0 Å². The van der Waals surface area contributed by atoms with E-state index in [0.717, 1.165) is 19.8 Å². The molecule has 4 nitrogen and oxygen atoms in total. The summed E-state index contributed by atoms with van der Waals surface area (Å²) in [5.41, 5.74) is 2.81. The van der Waals surface area contributed by atoms with Crippen molar-refractivity contribution in [3.05, 3.63) is 63.9 Å². The lowest BCUT2D eigenvalue weighted by Crippen LogP contribution is -2.32.